The van der Waals surface area contributed by atoms with Gasteiger partial charge >= 0.3 is 0 Å². The quantitative estimate of drug-likeness (QED) is 0.915. The average molecular weight is 302 g/mol. The van der Waals surface area contributed by atoms with E-state index in [0.717, 1.165) is 18.0 Å². The van der Waals surface area contributed by atoms with Gasteiger partial charge in [-0.1, -0.05) is 0 Å². The van der Waals surface area contributed by atoms with Crippen LogP contribution in [0.15, 0.2) is 22.8 Å². The van der Waals surface area contributed by atoms with Crippen LogP contribution in [0.25, 0.3) is 11.3 Å². The second-order valence-electron chi connectivity index (χ2n) is 3.51. The minimum absolute atomic E-state index is 0.523. The highest BCUT2D eigenvalue weighted by Gasteiger charge is 2.12. The number of aromatic nitrogens is 2. The van der Waals surface area contributed by atoms with E-state index < -0.39 is 11.6 Å². The van der Waals surface area contributed by atoms with Crippen LogP contribution in [0, 0.1) is 11.6 Å². The molecule has 0 aliphatic heterocycles. The molecule has 0 saturated carbocycles. The van der Waals surface area contributed by atoms with Gasteiger partial charge in [-0.05, 0) is 41.2 Å². The highest BCUT2D eigenvalue weighted by Crippen LogP contribution is 2.27. The van der Waals surface area contributed by atoms with Gasteiger partial charge in [-0.15, -0.1) is 0 Å². The summed E-state index contributed by atoms with van der Waals surface area (Å²) < 4.78 is 26.6. The number of benzene rings is 1. The zero-order valence-corrected chi connectivity index (χ0v) is 10.6. The average Bonchev–Trinajstić information content (AvgIpc) is 2.64. The van der Waals surface area contributed by atoms with Crippen LogP contribution in [0.1, 0.15) is 5.82 Å². The third kappa shape index (κ3) is 2.53. The summed E-state index contributed by atoms with van der Waals surface area (Å²) in [6.07, 6.45) is 0. The van der Waals surface area contributed by atoms with E-state index in [4.69, 9.17) is 0 Å². The van der Waals surface area contributed by atoms with Gasteiger partial charge in [0.15, 0.2) is 11.6 Å². The summed E-state index contributed by atoms with van der Waals surface area (Å²) in [5.74, 6) is -1.03. The molecule has 6 heteroatoms. The molecular formula is C11H10BrF2N3. The Hall–Kier alpha value is -1.27. The van der Waals surface area contributed by atoms with E-state index in [0.29, 0.717) is 22.4 Å². The summed E-state index contributed by atoms with van der Waals surface area (Å²) in [5.41, 5.74) is 1.09. The molecule has 0 aliphatic carbocycles. The number of nitrogens with zero attached hydrogens (tertiary/aromatic N) is 1. The first-order valence-electron chi connectivity index (χ1n) is 4.96. The first-order valence-corrected chi connectivity index (χ1v) is 5.75. The van der Waals surface area contributed by atoms with Gasteiger partial charge in [-0.2, -0.15) is 0 Å². The number of aromatic amines is 1. The van der Waals surface area contributed by atoms with Crippen molar-refractivity contribution in [2.45, 2.75) is 6.54 Å². The first-order chi connectivity index (χ1) is 8.11. The zero-order chi connectivity index (χ0) is 12.4. The van der Waals surface area contributed by atoms with Crippen molar-refractivity contribution in [1.29, 1.82) is 0 Å². The van der Waals surface area contributed by atoms with Crippen LogP contribution >= 0.6 is 15.9 Å². The number of imidazole rings is 1. The van der Waals surface area contributed by atoms with Crippen LogP contribution in [0.3, 0.4) is 0 Å². The second-order valence-corrected chi connectivity index (χ2v) is 4.30. The van der Waals surface area contributed by atoms with Gasteiger partial charge in [0, 0.05) is 5.56 Å². The zero-order valence-electron chi connectivity index (χ0n) is 9.02. The first kappa shape index (κ1) is 12.2. The van der Waals surface area contributed by atoms with E-state index in [1.165, 1.54) is 6.07 Å². The topological polar surface area (TPSA) is 40.7 Å². The molecule has 90 valence electrons. The number of halogens is 3. The van der Waals surface area contributed by atoms with Gasteiger partial charge in [0.05, 0.1) is 6.54 Å². The van der Waals surface area contributed by atoms with Crippen molar-refractivity contribution in [3.63, 3.8) is 0 Å². The van der Waals surface area contributed by atoms with E-state index in [1.54, 1.807) is 7.05 Å². The smallest absolute Gasteiger partial charge is 0.159 e. The maximum atomic E-state index is 13.1. The van der Waals surface area contributed by atoms with Gasteiger partial charge in [0.25, 0.3) is 0 Å². The van der Waals surface area contributed by atoms with Crippen molar-refractivity contribution >= 4 is 15.9 Å². The Morgan fingerprint density at radius 3 is 2.76 bits per heavy atom. The lowest BCUT2D eigenvalue weighted by Gasteiger charge is -1.98. The molecule has 0 saturated heterocycles. The largest absolute Gasteiger partial charge is 0.335 e. The third-order valence-corrected chi connectivity index (χ3v) is 2.82. The summed E-state index contributed by atoms with van der Waals surface area (Å²) in [6.45, 7) is 0.572. The summed E-state index contributed by atoms with van der Waals surface area (Å²) >= 11 is 3.30. The Morgan fingerprint density at radius 1 is 1.35 bits per heavy atom. The number of H-pyrrole nitrogens is 1. The van der Waals surface area contributed by atoms with Crippen molar-refractivity contribution in [1.82, 2.24) is 15.3 Å². The second kappa shape index (κ2) is 4.93. The van der Waals surface area contributed by atoms with Crippen molar-refractivity contribution < 1.29 is 8.78 Å². The van der Waals surface area contributed by atoms with Crippen LogP contribution < -0.4 is 5.32 Å². The van der Waals surface area contributed by atoms with Gasteiger partial charge in [0.1, 0.15) is 16.1 Å². The van der Waals surface area contributed by atoms with E-state index >= 15 is 0 Å². The van der Waals surface area contributed by atoms with E-state index in [2.05, 4.69) is 31.2 Å². The number of hydrogen-bond acceptors (Lipinski definition) is 2. The predicted octanol–water partition coefficient (Wildman–Crippen LogP) is 2.84. The minimum atomic E-state index is -0.882. The molecular weight excluding hydrogens is 292 g/mol. The molecule has 1 aromatic heterocycles. The van der Waals surface area contributed by atoms with E-state index in [-0.39, 0.29) is 0 Å². The monoisotopic (exact) mass is 301 g/mol. The van der Waals surface area contributed by atoms with Gasteiger partial charge in [0.2, 0.25) is 0 Å². The van der Waals surface area contributed by atoms with Crippen molar-refractivity contribution in [2.24, 2.45) is 0 Å². The van der Waals surface area contributed by atoms with Crippen LogP contribution in [-0.2, 0) is 6.54 Å². The lowest BCUT2D eigenvalue weighted by molar-refractivity contribution is 0.509. The number of nitrogens with one attached hydrogen (secondary N) is 2. The van der Waals surface area contributed by atoms with Crippen molar-refractivity contribution in [2.75, 3.05) is 7.05 Å². The minimum Gasteiger partial charge on any atom is -0.335 e. The SMILES string of the molecule is CNCc1nc(-c2ccc(F)c(F)c2)c(Br)[nH]1. The van der Waals surface area contributed by atoms with Gasteiger partial charge in [-0.25, -0.2) is 13.8 Å². The highest BCUT2D eigenvalue weighted by molar-refractivity contribution is 9.10. The molecule has 2 N–H and O–H groups in total. The van der Waals surface area contributed by atoms with Crippen LogP contribution in [-0.4, -0.2) is 17.0 Å². The molecule has 17 heavy (non-hydrogen) atoms. The molecule has 0 unspecified atom stereocenters. The number of rotatable bonds is 3. The molecule has 2 aromatic rings. The van der Waals surface area contributed by atoms with Gasteiger partial charge < -0.3 is 10.3 Å². The summed E-state index contributed by atoms with van der Waals surface area (Å²) in [5, 5.41) is 2.95. The molecule has 0 spiro atoms. The highest BCUT2D eigenvalue weighted by atomic mass is 79.9. The van der Waals surface area contributed by atoms with Gasteiger partial charge in [-0.3, -0.25) is 0 Å². The van der Waals surface area contributed by atoms with Crippen molar-refractivity contribution in [3.05, 3.63) is 40.3 Å². The lowest BCUT2D eigenvalue weighted by atomic mass is 10.1. The Bertz CT molecular complexity index is 540. The van der Waals surface area contributed by atoms with Crippen LogP contribution in [0.2, 0.25) is 0 Å². The Balaban J connectivity index is 2.41. The fourth-order valence-electron chi connectivity index (χ4n) is 1.48. The van der Waals surface area contributed by atoms with Crippen LogP contribution in [0.5, 0.6) is 0 Å². The predicted molar refractivity (Wildman–Crippen MR) is 64.4 cm³/mol. The molecule has 0 radical (unpaired) electrons. The third-order valence-electron chi connectivity index (χ3n) is 2.25. The van der Waals surface area contributed by atoms with E-state index in [1.807, 2.05) is 0 Å². The number of hydrogen-bond donors (Lipinski definition) is 2. The fourth-order valence-corrected chi connectivity index (χ4v) is 2.03. The summed E-state index contributed by atoms with van der Waals surface area (Å²) in [6, 6.07) is 3.70. The lowest BCUT2D eigenvalue weighted by Crippen LogP contribution is -2.06. The molecule has 1 aromatic carbocycles. The molecule has 0 amide bonds. The molecule has 0 fully saturated rings. The summed E-state index contributed by atoms with van der Waals surface area (Å²) in [7, 11) is 1.80. The molecule has 2 rings (SSSR count). The Morgan fingerprint density at radius 2 is 2.12 bits per heavy atom. The molecule has 0 aliphatic rings. The molecule has 0 bridgehead atoms. The maximum Gasteiger partial charge on any atom is 0.159 e. The summed E-state index contributed by atoms with van der Waals surface area (Å²) in [4.78, 5) is 7.29. The Labute approximate surface area is 105 Å². The molecule has 0 atom stereocenters. The van der Waals surface area contributed by atoms with Crippen LogP contribution in [0.4, 0.5) is 8.78 Å². The van der Waals surface area contributed by atoms with Crippen molar-refractivity contribution in [3.8, 4) is 11.3 Å². The Kier molecular flexibility index (Phi) is 3.54. The normalized spacial score (nSPS) is 10.8. The molecule has 1 heterocycles. The fraction of sp³-hybridized carbons (Fsp3) is 0.182. The standard InChI is InChI=1S/C11H10BrF2N3/c1-15-5-9-16-10(11(12)17-9)6-2-3-7(13)8(14)4-6/h2-4,15H,5H2,1H3,(H,16,17). The van der Waals surface area contributed by atoms with E-state index in [9.17, 15) is 8.78 Å². The molecule has 3 nitrogen and oxygen atoms in total. The maximum absolute atomic E-state index is 13.1.